The van der Waals surface area contributed by atoms with Crippen molar-refractivity contribution in [1.82, 2.24) is 4.98 Å². The number of nitrogens with one attached hydrogen (secondary N) is 1. The lowest BCUT2D eigenvalue weighted by atomic mass is 10.1. The van der Waals surface area contributed by atoms with Crippen molar-refractivity contribution in [3.05, 3.63) is 53.1 Å². The zero-order chi connectivity index (χ0) is 19.7. The molecule has 1 N–H and O–H groups in total. The van der Waals surface area contributed by atoms with Gasteiger partial charge in [0.05, 0.1) is 16.8 Å². The zero-order valence-corrected chi connectivity index (χ0v) is 16.2. The second-order valence-electron chi connectivity index (χ2n) is 6.45. The maximum atomic E-state index is 12.4. The summed E-state index contributed by atoms with van der Waals surface area (Å²) in [5.41, 5.74) is 3.97. The van der Waals surface area contributed by atoms with E-state index in [1.165, 1.54) is 11.8 Å². The maximum Gasteiger partial charge on any atom is 0.234 e. The number of pyridine rings is 1. The van der Waals surface area contributed by atoms with Crippen LogP contribution in [0.1, 0.15) is 16.7 Å². The number of thioether (sulfide) groups is 1. The number of carbonyl (C=O) groups is 1. The predicted octanol–water partition coefficient (Wildman–Crippen LogP) is 4.18. The van der Waals surface area contributed by atoms with Crippen molar-refractivity contribution in [1.29, 1.82) is 5.26 Å². The standard InChI is InChI=1S/C21H17N3O3S/c1-12-4-3-5-13(2)20(12)24-19(25)10-28-21-15(9-22)6-14-7-17-18(27-11-26-17)8-16(14)23-21/h3-8H,10-11H2,1-2H3,(H,24,25). The number of nitriles is 1. The van der Waals surface area contributed by atoms with E-state index in [2.05, 4.69) is 16.4 Å². The monoisotopic (exact) mass is 391 g/mol. The Hall–Kier alpha value is -3.24. The maximum absolute atomic E-state index is 12.4. The molecule has 1 aliphatic rings. The number of fused-ring (bicyclic) bond motifs is 2. The third-order valence-electron chi connectivity index (χ3n) is 4.48. The number of aromatic nitrogens is 1. The Kier molecular flexibility index (Phi) is 4.80. The highest BCUT2D eigenvalue weighted by Crippen LogP contribution is 2.37. The number of anilines is 1. The molecular formula is C21H17N3O3S. The highest BCUT2D eigenvalue weighted by molar-refractivity contribution is 8.00. The molecule has 6 nitrogen and oxygen atoms in total. The summed E-state index contributed by atoms with van der Waals surface area (Å²) in [6, 6.07) is 13.4. The average Bonchev–Trinajstić information content (AvgIpc) is 3.14. The fourth-order valence-corrected chi connectivity index (χ4v) is 3.82. The van der Waals surface area contributed by atoms with E-state index in [4.69, 9.17) is 9.47 Å². The molecule has 4 rings (SSSR count). The van der Waals surface area contributed by atoms with E-state index in [-0.39, 0.29) is 18.5 Å². The minimum Gasteiger partial charge on any atom is -0.454 e. The SMILES string of the molecule is Cc1cccc(C)c1NC(=O)CSc1nc2cc3c(cc2cc1C#N)OCO3. The van der Waals surface area contributed by atoms with Gasteiger partial charge in [-0.1, -0.05) is 30.0 Å². The number of benzene rings is 2. The average molecular weight is 391 g/mol. The van der Waals surface area contributed by atoms with E-state index in [1.807, 2.05) is 38.1 Å². The largest absolute Gasteiger partial charge is 0.454 e. The van der Waals surface area contributed by atoms with Crippen molar-refractivity contribution in [3.8, 4) is 17.6 Å². The lowest BCUT2D eigenvalue weighted by molar-refractivity contribution is -0.113. The molecule has 0 saturated heterocycles. The van der Waals surface area contributed by atoms with Crippen LogP contribution in [0.2, 0.25) is 0 Å². The molecular weight excluding hydrogens is 374 g/mol. The summed E-state index contributed by atoms with van der Waals surface area (Å²) >= 11 is 1.24. The van der Waals surface area contributed by atoms with E-state index in [9.17, 15) is 10.1 Å². The van der Waals surface area contributed by atoms with Gasteiger partial charge in [0.1, 0.15) is 11.1 Å². The van der Waals surface area contributed by atoms with Gasteiger partial charge in [0.2, 0.25) is 12.7 Å². The molecule has 2 heterocycles. The van der Waals surface area contributed by atoms with Gasteiger partial charge < -0.3 is 14.8 Å². The van der Waals surface area contributed by atoms with E-state index >= 15 is 0 Å². The molecule has 0 bridgehead atoms. The van der Waals surface area contributed by atoms with Gasteiger partial charge in [-0.05, 0) is 37.1 Å². The summed E-state index contributed by atoms with van der Waals surface area (Å²) in [5.74, 6) is 1.30. The molecule has 0 atom stereocenters. The number of para-hydroxylation sites is 1. The highest BCUT2D eigenvalue weighted by Gasteiger charge is 2.17. The number of carbonyl (C=O) groups excluding carboxylic acids is 1. The third kappa shape index (κ3) is 3.47. The first-order valence-corrected chi connectivity index (χ1v) is 9.67. The number of aryl methyl sites for hydroxylation is 2. The fraction of sp³-hybridized carbons (Fsp3) is 0.190. The Morgan fingerprint density at radius 1 is 1.21 bits per heavy atom. The van der Waals surface area contributed by atoms with Gasteiger partial charge in [0, 0.05) is 17.1 Å². The molecule has 0 saturated carbocycles. The summed E-state index contributed by atoms with van der Waals surface area (Å²) in [5, 5.41) is 13.8. The molecule has 0 radical (unpaired) electrons. The minimum atomic E-state index is -0.140. The van der Waals surface area contributed by atoms with Crippen molar-refractivity contribution in [3.63, 3.8) is 0 Å². The van der Waals surface area contributed by atoms with Crippen LogP contribution in [0.5, 0.6) is 11.5 Å². The van der Waals surface area contributed by atoms with Gasteiger partial charge >= 0.3 is 0 Å². The molecule has 0 aliphatic carbocycles. The Balaban J connectivity index is 1.55. The third-order valence-corrected chi connectivity index (χ3v) is 5.47. The molecule has 7 heteroatoms. The summed E-state index contributed by atoms with van der Waals surface area (Å²) in [6.45, 7) is 4.09. The van der Waals surface area contributed by atoms with Crippen LogP contribution in [0.4, 0.5) is 5.69 Å². The molecule has 0 unspecified atom stereocenters. The zero-order valence-electron chi connectivity index (χ0n) is 15.4. The van der Waals surface area contributed by atoms with E-state index in [0.29, 0.717) is 27.6 Å². The Morgan fingerprint density at radius 3 is 2.64 bits per heavy atom. The first-order chi connectivity index (χ1) is 13.5. The first kappa shape index (κ1) is 18.1. The molecule has 28 heavy (non-hydrogen) atoms. The quantitative estimate of drug-likeness (QED) is 0.672. The Labute approximate surface area is 166 Å². The lowest BCUT2D eigenvalue weighted by Crippen LogP contribution is -2.16. The Morgan fingerprint density at radius 2 is 1.93 bits per heavy atom. The first-order valence-electron chi connectivity index (χ1n) is 8.68. The van der Waals surface area contributed by atoms with Crippen molar-refractivity contribution >= 4 is 34.3 Å². The molecule has 3 aromatic rings. The van der Waals surface area contributed by atoms with Gasteiger partial charge in [-0.2, -0.15) is 5.26 Å². The molecule has 1 amide bonds. The van der Waals surface area contributed by atoms with Crippen molar-refractivity contribution in [2.45, 2.75) is 18.9 Å². The van der Waals surface area contributed by atoms with Crippen LogP contribution in [0, 0.1) is 25.2 Å². The minimum absolute atomic E-state index is 0.140. The number of ether oxygens (including phenoxy) is 2. The second-order valence-corrected chi connectivity index (χ2v) is 7.42. The van der Waals surface area contributed by atoms with Crippen LogP contribution < -0.4 is 14.8 Å². The van der Waals surface area contributed by atoms with Crippen LogP contribution in [0.25, 0.3) is 10.9 Å². The van der Waals surface area contributed by atoms with Crippen LogP contribution in [-0.4, -0.2) is 23.4 Å². The smallest absolute Gasteiger partial charge is 0.234 e. The molecule has 1 aliphatic heterocycles. The highest BCUT2D eigenvalue weighted by atomic mass is 32.2. The van der Waals surface area contributed by atoms with E-state index in [1.54, 1.807) is 12.1 Å². The normalized spacial score (nSPS) is 12.0. The van der Waals surface area contributed by atoms with Crippen molar-refractivity contribution in [2.75, 3.05) is 17.9 Å². The van der Waals surface area contributed by atoms with Gasteiger partial charge in [-0.3, -0.25) is 4.79 Å². The van der Waals surface area contributed by atoms with Crippen LogP contribution in [-0.2, 0) is 4.79 Å². The van der Waals surface area contributed by atoms with Gasteiger partial charge in [-0.15, -0.1) is 0 Å². The lowest BCUT2D eigenvalue weighted by Gasteiger charge is -2.11. The predicted molar refractivity (Wildman–Crippen MR) is 108 cm³/mol. The summed E-state index contributed by atoms with van der Waals surface area (Å²) in [4.78, 5) is 17.0. The molecule has 1 aromatic heterocycles. The van der Waals surface area contributed by atoms with Gasteiger partial charge in [-0.25, -0.2) is 4.98 Å². The Bertz CT molecular complexity index is 1120. The molecule has 140 valence electrons. The van der Waals surface area contributed by atoms with Crippen LogP contribution in [0.3, 0.4) is 0 Å². The van der Waals surface area contributed by atoms with Crippen LogP contribution in [0.15, 0.2) is 41.4 Å². The number of rotatable bonds is 4. The second kappa shape index (κ2) is 7.41. The topological polar surface area (TPSA) is 84.2 Å². The molecule has 0 fully saturated rings. The van der Waals surface area contributed by atoms with E-state index < -0.39 is 0 Å². The molecule has 2 aromatic carbocycles. The number of hydrogen-bond acceptors (Lipinski definition) is 6. The van der Waals surface area contributed by atoms with Crippen molar-refractivity contribution < 1.29 is 14.3 Å². The van der Waals surface area contributed by atoms with E-state index in [0.717, 1.165) is 22.2 Å². The van der Waals surface area contributed by atoms with Gasteiger partial charge in [0.25, 0.3) is 0 Å². The summed E-state index contributed by atoms with van der Waals surface area (Å²) < 4.78 is 10.8. The fourth-order valence-electron chi connectivity index (χ4n) is 3.06. The van der Waals surface area contributed by atoms with Crippen molar-refractivity contribution in [2.24, 2.45) is 0 Å². The summed E-state index contributed by atoms with van der Waals surface area (Å²) in [7, 11) is 0. The number of amides is 1. The molecule has 0 spiro atoms. The number of nitrogens with zero attached hydrogens (tertiary/aromatic N) is 2. The van der Waals surface area contributed by atoms with Crippen LogP contribution >= 0.6 is 11.8 Å². The summed E-state index contributed by atoms with van der Waals surface area (Å²) in [6.07, 6.45) is 0. The number of hydrogen-bond donors (Lipinski definition) is 1. The van der Waals surface area contributed by atoms with Gasteiger partial charge in [0.15, 0.2) is 11.5 Å².